The second-order valence-electron chi connectivity index (χ2n) is 7.22. The third kappa shape index (κ3) is 4.95. The number of nitrogens with one attached hydrogen (secondary N) is 1. The number of ketones is 1. The van der Waals surface area contributed by atoms with Gasteiger partial charge in [0.05, 0.1) is 32.2 Å². The van der Waals surface area contributed by atoms with Gasteiger partial charge < -0.3 is 9.64 Å². The van der Waals surface area contributed by atoms with Crippen molar-refractivity contribution in [2.45, 2.75) is 38.5 Å². The molecule has 0 spiro atoms. The molecule has 3 heteroatoms. The molecule has 0 bridgehead atoms. The molecule has 138 valence electrons. The molecule has 0 unspecified atom stereocenters. The quantitative estimate of drug-likeness (QED) is 0.737. The van der Waals surface area contributed by atoms with E-state index >= 15 is 0 Å². The van der Waals surface area contributed by atoms with Gasteiger partial charge in [0.1, 0.15) is 5.75 Å². The highest BCUT2D eigenvalue weighted by Crippen LogP contribution is 2.22. The molecule has 0 aromatic heterocycles. The van der Waals surface area contributed by atoms with E-state index in [9.17, 15) is 4.79 Å². The number of likely N-dealkylation sites (tertiary alicyclic amines) is 1. The van der Waals surface area contributed by atoms with Crippen LogP contribution in [-0.4, -0.2) is 32.0 Å². The number of hydrogen-bond acceptors (Lipinski definition) is 2. The summed E-state index contributed by atoms with van der Waals surface area (Å²) in [4.78, 5) is 14.8. The standard InChI is InChI=1S/C23H29NO2/c1-2-17-26-21-13-11-20(12-14-21)23(25)22(19-9-5-3-6-10-19)18-24-15-7-4-8-16-24/h3,5-6,9-14,22H,2,4,7-8,15-18H2,1H3/p+1/t22-/m1/s1. The topological polar surface area (TPSA) is 30.7 Å². The number of carbonyl (C=O) groups is 1. The first-order valence-corrected chi connectivity index (χ1v) is 9.93. The van der Waals surface area contributed by atoms with Crippen molar-refractivity contribution in [3.63, 3.8) is 0 Å². The first-order chi connectivity index (χ1) is 12.8. The maximum Gasteiger partial charge on any atom is 0.175 e. The van der Waals surface area contributed by atoms with Gasteiger partial charge in [0.2, 0.25) is 0 Å². The van der Waals surface area contributed by atoms with Crippen LogP contribution in [0.1, 0.15) is 54.4 Å². The number of benzene rings is 2. The van der Waals surface area contributed by atoms with Gasteiger partial charge in [-0.05, 0) is 55.5 Å². The number of piperidine rings is 1. The van der Waals surface area contributed by atoms with Crippen molar-refractivity contribution < 1.29 is 14.4 Å². The fraction of sp³-hybridized carbons (Fsp3) is 0.435. The molecule has 1 fully saturated rings. The molecule has 26 heavy (non-hydrogen) atoms. The summed E-state index contributed by atoms with van der Waals surface area (Å²) in [5.41, 5.74) is 1.90. The van der Waals surface area contributed by atoms with Gasteiger partial charge in [0.25, 0.3) is 0 Å². The zero-order chi connectivity index (χ0) is 18.2. The molecule has 0 radical (unpaired) electrons. The molecule has 2 aromatic rings. The maximum absolute atomic E-state index is 13.3. The number of carbonyl (C=O) groups excluding carboxylic acids is 1. The van der Waals surface area contributed by atoms with Gasteiger partial charge >= 0.3 is 0 Å². The molecule has 1 N–H and O–H groups in total. The minimum atomic E-state index is -0.0771. The lowest BCUT2D eigenvalue weighted by atomic mass is 9.89. The van der Waals surface area contributed by atoms with Gasteiger partial charge in [-0.15, -0.1) is 0 Å². The summed E-state index contributed by atoms with van der Waals surface area (Å²) >= 11 is 0. The third-order valence-corrected chi connectivity index (χ3v) is 5.18. The molecular formula is C23H30NO2+. The van der Waals surface area contributed by atoms with Crippen LogP contribution in [0.15, 0.2) is 54.6 Å². The summed E-state index contributed by atoms with van der Waals surface area (Å²) in [5, 5.41) is 0. The highest BCUT2D eigenvalue weighted by atomic mass is 16.5. The Morgan fingerprint density at radius 1 is 1.00 bits per heavy atom. The minimum absolute atomic E-state index is 0.0771. The Hall–Kier alpha value is -2.13. The minimum Gasteiger partial charge on any atom is -0.494 e. The van der Waals surface area contributed by atoms with Crippen molar-refractivity contribution >= 4 is 5.78 Å². The lowest BCUT2D eigenvalue weighted by molar-refractivity contribution is -0.905. The van der Waals surface area contributed by atoms with E-state index < -0.39 is 0 Å². The Bertz CT molecular complexity index is 675. The van der Waals surface area contributed by atoms with Crippen molar-refractivity contribution in [1.29, 1.82) is 0 Å². The van der Waals surface area contributed by atoms with E-state index in [1.165, 1.54) is 32.4 Å². The Morgan fingerprint density at radius 3 is 2.35 bits per heavy atom. The molecule has 2 aromatic carbocycles. The molecule has 1 aliphatic heterocycles. The lowest BCUT2D eigenvalue weighted by Gasteiger charge is -2.27. The maximum atomic E-state index is 13.3. The largest absolute Gasteiger partial charge is 0.494 e. The van der Waals surface area contributed by atoms with Gasteiger partial charge in [0.15, 0.2) is 5.78 Å². The highest BCUT2D eigenvalue weighted by Gasteiger charge is 2.27. The second-order valence-corrected chi connectivity index (χ2v) is 7.22. The number of ether oxygens (including phenoxy) is 1. The Morgan fingerprint density at radius 2 is 1.69 bits per heavy atom. The fourth-order valence-corrected chi connectivity index (χ4v) is 3.73. The first kappa shape index (κ1) is 18.7. The zero-order valence-corrected chi connectivity index (χ0v) is 15.7. The second kappa shape index (κ2) is 9.54. The molecule has 1 atom stereocenters. The average Bonchev–Trinajstić information content (AvgIpc) is 2.72. The van der Waals surface area contributed by atoms with E-state index in [1.807, 2.05) is 42.5 Å². The summed E-state index contributed by atoms with van der Waals surface area (Å²) in [6.45, 7) is 6.04. The summed E-state index contributed by atoms with van der Waals surface area (Å²) in [5.74, 6) is 0.976. The van der Waals surface area contributed by atoms with Crippen molar-refractivity contribution in [1.82, 2.24) is 0 Å². The molecule has 0 saturated carbocycles. The van der Waals surface area contributed by atoms with Crippen molar-refractivity contribution in [2.24, 2.45) is 0 Å². The van der Waals surface area contributed by atoms with Crippen LogP contribution >= 0.6 is 0 Å². The van der Waals surface area contributed by atoms with E-state index in [2.05, 4.69) is 19.1 Å². The lowest BCUT2D eigenvalue weighted by Crippen LogP contribution is -3.13. The summed E-state index contributed by atoms with van der Waals surface area (Å²) < 4.78 is 5.64. The number of Topliss-reactive ketones (excluding diaryl/α,β-unsaturated/α-hetero) is 1. The van der Waals surface area contributed by atoms with Gasteiger partial charge in [0, 0.05) is 5.56 Å². The Labute approximate surface area is 157 Å². The average molecular weight is 352 g/mol. The SMILES string of the molecule is CCCOc1ccc(C(=O)[C@H](C[NH+]2CCCCC2)c2ccccc2)cc1. The number of rotatable bonds is 8. The Kier molecular flexibility index (Phi) is 6.84. The van der Waals surface area contributed by atoms with Crippen LogP contribution in [0.4, 0.5) is 0 Å². The first-order valence-electron chi connectivity index (χ1n) is 9.93. The molecule has 3 rings (SSSR count). The molecule has 0 amide bonds. The Balaban J connectivity index is 1.77. The molecule has 0 aliphatic carbocycles. The van der Waals surface area contributed by atoms with E-state index in [0.29, 0.717) is 6.61 Å². The predicted octanol–water partition coefficient (Wildman–Crippen LogP) is 3.51. The van der Waals surface area contributed by atoms with Gasteiger partial charge in [-0.25, -0.2) is 0 Å². The van der Waals surface area contributed by atoms with Crippen LogP contribution in [0.3, 0.4) is 0 Å². The molecule has 1 aliphatic rings. The fourth-order valence-electron chi connectivity index (χ4n) is 3.73. The van der Waals surface area contributed by atoms with E-state index in [1.54, 1.807) is 4.90 Å². The van der Waals surface area contributed by atoms with Crippen LogP contribution in [-0.2, 0) is 0 Å². The molecule has 1 saturated heterocycles. The van der Waals surface area contributed by atoms with Crippen LogP contribution < -0.4 is 9.64 Å². The smallest absolute Gasteiger partial charge is 0.175 e. The van der Waals surface area contributed by atoms with Crippen LogP contribution in [0.25, 0.3) is 0 Å². The van der Waals surface area contributed by atoms with Crippen LogP contribution in [0, 0.1) is 0 Å². The van der Waals surface area contributed by atoms with Gasteiger partial charge in [-0.1, -0.05) is 37.3 Å². The van der Waals surface area contributed by atoms with Gasteiger partial charge in [-0.2, -0.15) is 0 Å². The summed E-state index contributed by atoms with van der Waals surface area (Å²) in [6, 6.07) is 17.9. The van der Waals surface area contributed by atoms with Crippen molar-refractivity contribution in [2.75, 3.05) is 26.2 Å². The third-order valence-electron chi connectivity index (χ3n) is 5.18. The van der Waals surface area contributed by atoms with Crippen LogP contribution in [0.2, 0.25) is 0 Å². The van der Waals surface area contributed by atoms with Gasteiger partial charge in [-0.3, -0.25) is 4.79 Å². The number of hydrogen-bond donors (Lipinski definition) is 1. The van der Waals surface area contributed by atoms with E-state index in [0.717, 1.165) is 29.8 Å². The molecule has 1 heterocycles. The highest BCUT2D eigenvalue weighted by molar-refractivity contribution is 6.01. The monoisotopic (exact) mass is 352 g/mol. The zero-order valence-electron chi connectivity index (χ0n) is 15.7. The van der Waals surface area contributed by atoms with Crippen molar-refractivity contribution in [3.8, 4) is 5.75 Å². The van der Waals surface area contributed by atoms with E-state index in [-0.39, 0.29) is 11.7 Å². The molecule has 3 nitrogen and oxygen atoms in total. The summed E-state index contributed by atoms with van der Waals surface area (Å²) in [6.07, 6.45) is 4.85. The van der Waals surface area contributed by atoms with Crippen molar-refractivity contribution in [3.05, 3.63) is 65.7 Å². The molecular weight excluding hydrogens is 322 g/mol. The van der Waals surface area contributed by atoms with E-state index in [4.69, 9.17) is 4.74 Å². The summed E-state index contributed by atoms with van der Waals surface area (Å²) in [7, 11) is 0. The predicted molar refractivity (Wildman–Crippen MR) is 105 cm³/mol. The normalized spacial score (nSPS) is 16.2. The van der Waals surface area contributed by atoms with Crippen LogP contribution in [0.5, 0.6) is 5.75 Å². The number of quaternary nitrogens is 1.